The number of aryl methyl sites for hydroxylation is 1. The van der Waals surface area contributed by atoms with Gasteiger partial charge in [-0.25, -0.2) is 51.3 Å². The van der Waals surface area contributed by atoms with Crippen LogP contribution in [0.25, 0.3) is 0 Å². The van der Waals surface area contributed by atoms with Crippen molar-refractivity contribution in [3.05, 3.63) is 256 Å². The maximum absolute atomic E-state index is 13.8. The molecule has 0 atom stereocenters. The molecule has 5 aromatic heterocycles. The van der Waals surface area contributed by atoms with E-state index in [0.29, 0.717) is 103 Å². The molecule has 0 spiro atoms. The molecule has 20 N–H and O–H groups in total. The zero-order valence-corrected chi connectivity index (χ0v) is 78.9. The van der Waals surface area contributed by atoms with Gasteiger partial charge in [-0.15, -0.1) is 0 Å². The van der Waals surface area contributed by atoms with Crippen LogP contribution in [0.4, 0.5) is 114 Å². The van der Waals surface area contributed by atoms with Gasteiger partial charge in [0.2, 0.25) is 58.8 Å². The van der Waals surface area contributed by atoms with Gasteiger partial charge >= 0.3 is 28.4 Å². The van der Waals surface area contributed by atoms with Crippen LogP contribution in [0.3, 0.4) is 0 Å². The Balaban J connectivity index is 0.000000167. The molecule has 0 amide bonds. The maximum Gasteiger partial charge on any atom is 0.329 e. The fraction of sp³-hybridized carbons (Fsp3) is 0.451. The van der Waals surface area contributed by atoms with Gasteiger partial charge in [0.1, 0.15) is 42.6 Å². The van der Waals surface area contributed by atoms with Crippen LogP contribution in [0.2, 0.25) is 15.1 Å². The lowest BCUT2D eigenvalue weighted by molar-refractivity contribution is -0.384. The van der Waals surface area contributed by atoms with E-state index in [1.807, 2.05) is 25.1 Å². The standard InChI is InChI=1S/C19H25ClN6O2.2C18H22ClFN6O2.2C18H22F2N6O2/c1-12-2-5-15(20)8-14(12)10-23-19-24-11-17(26(27)28)18(25-19)22-9-13-3-6-16(21)7-4-13;19-13-3-6-15(20)12(7-13)9-23-18-24-10-16(26(27)28)17(25-18)22-8-11-1-4-14(21)5-2-11;19-14-7-12(3-6-15(14)20)9-23-18-24-10-16(26(27)28)17(25-18)22-8-11-1-4-13(21)5-2-11;19-14-6-3-12(7-15(14)20)9-23-18-24-10-16(26(27)28)17(25-18)22-8-11-1-4-13(21)5-2-11;19-14-3-1-2-12(16(14)20)9-23-18-24-10-15(26(27)28)17(25-18)22-8-11-4-6-13(21)7-5-11/h2,5,8,11,13,16H,3-4,6-7,9-10,21H2,1H3,(H2,22,23,24,25);3,6-7,10-11,14H,1-2,4-5,8-9,21H2,(H2,22,23,24,25);2*3,6-7,10-11,13H,1-2,4-5,8-9,21H2,(H2,22,23,24,25);1-3,10-11,13H,4-9,21H2,(H2,22,23,24,25). The van der Waals surface area contributed by atoms with Crippen molar-refractivity contribution in [3.63, 3.8) is 0 Å². The molecule has 140 heavy (non-hydrogen) atoms. The topological polar surface area (TPSA) is 595 Å². The van der Waals surface area contributed by atoms with Crippen LogP contribution in [0.5, 0.6) is 0 Å². The van der Waals surface area contributed by atoms with E-state index in [1.54, 1.807) is 6.07 Å². The highest BCUT2D eigenvalue weighted by atomic mass is 35.5. The van der Waals surface area contributed by atoms with Crippen LogP contribution in [-0.4, -0.2) is 137 Å². The largest absolute Gasteiger partial charge is 0.364 e. The number of hydrogen-bond donors (Lipinski definition) is 15. The van der Waals surface area contributed by atoms with E-state index >= 15 is 0 Å². The highest BCUT2D eigenvalue weighted by Gasteiger charge is 2.30. The molecule has 750 valence electrons. The van der Waals surface area contributed by atoms with Gasteiger partial charge < -0.3 is 81.8 Å². The quantitative estimate of drug-likeness (QED) is 0.00996. The molecule has 5 heterocycles. The second-order valence-corrected chi connectivity index (χ2v) is 36.3. The van der Waals surface area contributed by atoms with Gasteiger partial charge in [0.25, 0.3) is 0 Å². The number of halogens is 9. The van der Waals surface area contributed by atoms with Crippen molar-refractivity contribution in [2.24, 2.45) is 58.3 Å². The predicted molar refractivity (Wildman–Crippen MR) is 524 cm³/mol. The molecule has 0 radical (unpaired) electrons. The third-order valence-corrected chi connectivity index (χ3v) is 25.4. The Morgan fingerprint density at radius 2 is 0.586 bits per heavy atom. The summed E-state index contributed by atoms with van der Waals surface area (Å²) in [6, 6.07) is 22.9. The Hall–Kier alpha value is -13.3. The van der Waals surface area contributed by atoms with Gasteiger partial charge in [0.15, 0.2) is 23.3 Å². The second-order valence-electron chi connectivity index (χ2n) is 35.0. The minimum Gasteiger partial charge on any atom is -0.364 e. The van der Waals surface area contributed by atoms with Crippen LogP contribution in [-0.2, 0) is 32.7 Å². The molecule has 40 nitrogen and oxygen atoms in total. The van der Waals surface area contributed by atoms with Crippen molar-refractivity contribution in [3.8, 4) is 0 Å². The Labute approximate surface area is 816 Å². The van der Waals surface area contributed by atoms with Gasteiger partial charge in [-0.3, -0.25) is 50.6 Å². The van der Waals surface area contributed by atoms with E-state index < -0.39 is 59.5 Å². The zero-order valence-electron chi connectivity index (χ0n) is 76.6. The van der Waals surface area contributed by atoms with Gasteiger partial charge in [-0.05, 0) is 248 Å². The molecular weight excluding hydrogens is 1890 g/mol. The van der Waals surface area contributed by atoms with E-state index in [9.17, 15) is 76.9 Å². The summed E-state index contributed by atoms with van der Waals surface area (Å²) >= 11 is 17.7. The summed E-state index contributed by atoms with van der Waals surface area (Å²) in [5.74, 6) is -0.925. The van der Waals surface area contributed by atoms with Gasteiger partial charge in [0.05, 0.1) is 29.6 Å². The minimum atomic E-state index is -0.953. The number of nitro groups is 5. The van der Waals surface area contributed by atoms with E-state index in [4.69, 9.17) is 63.5 Å². The molecule has 0 bridgehead atoms. The number of rotatable bonds is 35. The molecule has 0 saturated heterocycles. The van der Waals surface area contributed by atoms with Crippen molar-refractivity contribution in [2.45, 2.75) is 198 Å². The molecule has 0 aliphatic heterocycles. The lowest BCUT2D eigenvalue weighted by atomic mass is 9.86. The third kappa shape index (κ3) is 33.8. The number of nitrogens with one attached hydrogen (secondary N) is 10. The van der Waals surface area contributed by atoms with Crippen molar-refractivity contribution >= 4 is 122 Å². The summed E-state index contributed by atoms with van der Waals surface area (Å²) in [5.41, 5.74) is 32.4. The van der Waals surface area contributed by atoms with Crippen LogP contribution in [0.1, 0.15) is 162 Å². The first-order chi connectivity index (χ1) is 67.1. The zero-order chi connectivity index (χ0) is 100. The summed E-state index contributed by atoms with van der Waals surface area (Å²) in [7, 11) is 0. The molecule has 5 fully saturated rings. The molecule has 5 aliphatic rings. The summed E-state index contributed by atoms with van der Waals surface area (Å²) < 4.78 is 80.4. The van der Waals surface area contributed by atoms with Crippen LogP contribution >= 0.6 is 34.8 Å². The normalized spacial score (nSPS) is 19.2. The second kappa shape index (κ2) is 53.2. The molecule has 5 aromatic carbocycles. The first-order valence-electron chi connectivity index (χ1n) is 45.9. The highest BCUT2D eigenvalue weighted by molar-refractivity contribution is 6.31. The number of benzene rings is 5. The first-order valence-corrected chi connectivity index (χ1v) is 47.0. The Bertz CT molecular complexity index is 5430. The fourth-order valence-corrected chi connectivity index (χ4v) is 16.8. The Morgan fingerprint density at radius 1 is 0.307 bits per heavy atom. The van der Waals surface area contributed by atoms with Crippen LogP contribution in [0.15, 0.2) is 122 Å². The molecule has 10 aromatic rings. The summed E-state index contributed by atoms with van der Waals surface area (Å²) in [5, 5.41) is 87.5. The van der Waals surface area contributed by atoms with Gasteiger partial charge in [-0.2, -0.15) is 24.9 Å². The van der Waals surface area contributed by atoms with Crippen LogP contribution < -0.4 is 81.8 Å². The molecule has 0 unspecified atom stereocenters. The lowest BCUT2D eigenvalue weighted by Gasteiger charge is -2.26. The van der Waals surface area contributed by atoms with Crippen molar-refractivity contribution in [1.82, 2.24) is 49.8 Å². The lowest BCUT2D eigenvalue weighted by Crippen LogP contribution is -2.29. The number of anilines is 10. The summed E-state index contributed by atoms with van der Waals surface area (Å²) in [4.78, 5) is 94.7. The van der Waals surface area contributed by atoms with E-state index in [2.05, 4.69) is 103 Å². The van der Waals surface area contributed by atoms with Gasteiger partial charge in [-0.1, -0.05) is 65.1 Å². The summed E-state index contributed by atoms with van der Waals surface area (Å²) in [6.07, 6.45) is 25.2. The smallest absolute Gasteiger partial charge is 0.329 e. The Kier molecular flexibility index (Phi) is 40.7. The van der Waals surface area contributed by atoms with Crippen molar-refractivity contribution < 1.29 is 51.0 Å². The first kappa shape index (κ1) is 107. The fourth-order valence-electron chi connectivity index (χ4n) is 16.2. The number of aromatic nitrogens is 10. The monoisotopic (exact) mass is 2000 g/mol. The third-order valence-electron chi connectivity index (χ3n) is 24.6. The van der Waals surface area contributed by atoms with Crippen LogP contribution in [0, 0.1) is 122 Å². The maximum atomic E-state index is 13.8. The number of hydrogen-bond acceptors (Lipinski definition) is 35. The molecular formula is C91H113Cl3F6N30O10. The predicted octanol–water partition coefficient (Wildman–Crippen LogP) is 17.7. The molecule has 5 aliphatic carbocycles. The summed E-state index contributed by atoms with van der Waals surface area (Å²) in [6.45, 7) is 5.88. The molecule has 15 rings (SSSR count). The Morgan fingerprint density at radius 3 is 0.900 bits per heavy atom. The van der Waals surface area contributed by atoms with Crippen molar-refractivity contribution in [2.75, 3.05) is 85.9 Å². The minimum absolute atomic E-state index is 0.0264. The highest BCUT2D eigenvalue weighted by Crippen LogP contribution is 2.35. The average molecular weight is 2010 g/mol. The number of nitrogens with two attached hydrogens (primary N) is 5. The van der Waals surface area contributed by atoms with Crippen molar-refractivity contribution in [1.29, 1.82) is 0 Å². The van der Waals surface area contributed by atoms with E-state index in [-0.39, 0.29) is 142 Å². The molecule has 49 heteroatoms. The molecule has 5 saturated carbocycles. The van der Waals surface area contributed by atoms with E-state index in [1.165, 1.54) is 60.9 Å². The number of nitrogens with zero attached hydrogens (tertiary/aromatic N) is 15. The van der Waals surface area contributed by atoms with E-state index in [0.717, 1.165) is 182 Å². The SMILES string of the molecule is Cc1ccc(Cl)cc1CNc1ncc([N+](=O)[O-])c(NCC2CCC(N)CC2)n1.NC1CCC(CNc2nc(NCc3cc(Cl)ccc3F)ncc2[N+](=O)[O-])CC1.NC1CCC(CNc2nc(NCc3ccc(F)c(Cl)c3)ncc2[N+](=O)[O-])CC1.NC1CCC(CNc2nc(NCc3ccc(F)c(F)c3)ncc2[N+](=O)[O-])CC1.NC1CCC(CNc2nc(NCc3cccc(F)c3F)ncc2[N+](=O)[O-])CC1. The average Bonchev–Trinajstić information content (AvgIpc) is 0.845. The van der Waals surface area contributed by atoms with Gasteiger partial charge in [0, 0.05) is 117 Å².